The van der Waals surface area contributed by atoms with E-state index < -0.39 is 0 Å². The Morgan fingerprint density at radius 1 is 1.03 bits per heavy atom. The van der Waals surface area contributed by atoms with E-state index in [2.05, 4.69) is 58.2 Å². The van der Waals surface area contributed by atoms with Crippen LogP contribution in [0.15, 0.2) is 66.9 Å². The van der Waals surface area contributed by atoms with Crippen LogP contribution < -0.4 is 15.0 Å². The zero-order valence-electron chi connectivity index (χ0n) is 19.6. The Labute approximate surface area is 196 Å². The van der Waals surface area contributed by atoms with E-state index in [4.69, 9.17) is 4.74 Å². The molecule has 1 saturated heterocycles. The molecule has 0 bridgehead atoms. The van der Waals surface area contributed by atoms with Gasteiger partial charge in [0.15, 0.2) is 0 Å². The molecule has 0 spiro atoms. The second-order valence-corrected chi connectivity index (χ2v) is 8.75. The summed E-state index contributed by atoms with van der Waals surface area (Å²) in [6.07, 6.45) is 1.72. The van der Waals surface area contributed by atoms with E-state index in [1.807, 2.05) is 18.2 Å². The lowest BCUT2D eigenvalue weighted by Crippen LogP contribution is -2.46. The number of pyridine rings is 1. The van der Waals surface area contributed by atoms with Crippen molar-refractivity contribution in [3.8, 4) is 5.75 Å². The summed E-state index contributed by atoms with van der Waals surface area (Å²) in [5, 5.41) is 2.90. The average molecular weight is 445 g/mol. The summed E-state index contributed by atoms with van der Waals surface area (Å²) in [6, 6.07) is 20.0. The highest BCUT2D eigenvalue weighted by Gasteiger charge is 2.18. The molecule has 2 aromatic carbocycles. The van der Waals surface area contributed by atoms with Gasteiger partial charge in [0.2, 0.25) is 0 Å². The SMILES string of the molecule is COc1cccc(C(=O)Nc2ccc(N3CCN(Cc4ccc(C(C)C)cc4)CC3)nc2)c1. The molecule has 6 heteroatoms. The molecule has 0 radical (unpaired) electrons. The van der Waals surface area contributed by atoms with Crippen molar-refractivity contribution in [1.29, 1.82) is 0 Å². The van der Waals surface area contributed by atoms with Crippen molar-refractivity contribution in [2.24, 2.45) is 0 Å². The molecule has 1 amide bonds. The molecular formula is C27H32N4O2. The Morgan fingerprint density at radius 2 is 1.79 bits per heavy atom. The standard InChI is InChI=1S/C27H32N4O2/c1-20(2)22-9-7-21(8-10-22)19-30-13-15-31(16-14-30)26-12-11-24(18-28-26)29-27(32)23-5-4-6-25(17-23)33-3/h4-12,17-18,20H,13-16,19H2,1-3H3,(H,29,32). The van der Waals surface area contributed by atoms with Crippen molar-refractivity contribution < 1.29 is 9.53 Å². The number of hydrogen-bond donors (Lipinski definition) is 1. The van der Waals surface area contributed by atoms with Gasteiger partial charge in [-0.25, -0.2) is 4.98 Å². The van der Waals surface area contributed by atoms with Gasteiger partial charge in [-0.3, -0.25) is 9.69 Å². The number of piperazine rings is 1. The van der Waals surface area contributed by atoms with Gasteiger partial charge in [0.25, 0.3) is 5.91 Å². The number of carbonyl (C=O) groups is 1. The maximum absolute atomic E-state index is 12.5. The summed E-state index contributed by atoms with van der Waals surface area (Å²) >= 11 is 0. The first-order valence-electron chi connectivity index (χ1n) is 11.5. The molecule has 1 N–H and O–H groups in total. The van der Waals surface area contributed by atoms with E-state index in [1.165, 1.54) is 11.1 Å². The molecule has 33 heavy (non-hydrogen) atoms. The highest BCUT2D eigenvalue weighted by Crippen LogP contribution is 2.20. The lowest BCUT2D eigenvalue weighted by Gasteiger charge is -2.35. The molecule has 0 aliphatic carbocycles. The molecule has 1 aliphatic rings. The van der Waals surface area contributed by atoms with Crippen molar-refractivity contribution in [2.75, 3.05) is 43.5 Å². The van der Waals surface area contributed by atoms with Crippen molar-refractivity contribution in [1.82, 2.24) is 9.88 Å². The average Bonchev–Trinajstić information content (AvgIpc) is 2.85. The highest BCUT2D eigenvalue weighted by molar-refractivity contribution is 6.04. The second kappa shape index (κ2) is 10.5. The molecule has 172 valence electrons. The molecule has 0 atom stereocenters. The van der Waals surface area contributed by atoms with Crippen LogP contribution in [0.5, 0.6) is 5.75 Å². The van der Waals surface area contributed by atoms with Crippen molar-refractivity contribution in [3.63, 3.8) is 0 Å². The quantitative estimate of drug-likeness (QED) is 0.568. The van der Waals surface area contributed by atoms with E-state index in [1.54, 1.807) is 31.5 Å². The number of ether oxygens (including phenoxy) is 1. The number of nitrogens with zero attached hydrogens (tertiary/aromatic N) is 3. The van der Waals surface area contributed by atoms with Gasteiger partial charge in [-0.15, -0.1) is 0 Å². The fourth-order valence-corrected chi connectivity index (χ4v) is 4.02. The van der Waals surface area contributed by atoms with Gasteiger partial charge in [0.1, 0.15) is 11.6 Å². The number of nitrogens with one attached hydrogen (secondary N) is 1. The summed E-state index contributed by atoms with van der Waals surface area (Å²) < 4.78 is 5.19. The fourth-order valence-electron chi connectivity index (χ4n) is 4.02. The Morgan fingerprint density at radius 3 is 2.42 bits per heavy atom. The first kappa shape index (κ1) is 22.8. The number of carbonyl (C=O) groups excluding carboxylic acids is 1. The van der Waals surface area contributed by atoms with Crippen molar-refractivity contribution in [2.45, 2.75) is 26.3 Å². The lowest BCUT2D eigenvalue weighted by atomic mass is 10.0. The number of aromatic nitrogens is 1. The van der Waals surface area contributed by atoms with Crippen LogP contribution >= 0.6 is 0 Å². The predicted octanol–water partition coefficient (Wildman–Crippen LogP) is 4.79. The van der Waals surface area contributed by atoms with Gasteiger partial charge in [0, 0.05) is 38.3 Å². The number of methoxy groups -OCH3 is 1. The van der Waals surface area contributed by atoms with Crippen molar-refractivity contribution in [3.05, 3.63) is 83.6 Å². The summed E-state index contributed by atoms with van der Waals surface area (Å²) in [5.41, 5.74) is 3.98. The van der Waals surface area contributed by atoms with Crippen molar-refractivity contribution >= 4 is 17.4 Å². The third kappa shape index (κ3) is 5.90. The maximum Gasteiger partial charge on any atom is 0.255 e. The minimum Gasteiger partial charge on any atom is -0.497 e. The number of hydrogen-bond acceptors (Lipinski definition) is 5. The van der Waals surface area contributed by atoms with E-state index in [0.29, 0.717) is 22.9 Å². The van der Waals surface area contributed by atoms with Gasteiger partial charge in [-0.1, -0.05) is 44.2 Å². The monoisotopic (exact) mass is 444 g/mol. The Kier molecular flexibility index (Phi) is 7.25. The number of rotatable bonds is 7. The van der Waals surface area contributed by atoms with Crippen LogP contribution in [0.2, 0.25) is 0 Å². The molecule has 1 aromatic heterocycles. The number of anilines is 2. The van der Waals surface area contributed by atoms with Crippen LogP contribution in [-0.4, -0.2) is 49.1 Å². The molecule has 0 unspecified atom stereocenters. The van der Waals surface area contributed by atoms with Crippen LogP contribution in [0, 0.1) is 0 Å². The lowest BCUT2D eigenvalue weighted by molar-refractivity contribution is 0.102. The Hall–Kier alpha value is -3.38. The van der Waals surface area contributed by atoms with E-state index >= 15 is 0 Å². The van der Waals surface area contributed by atoms with Crippen LogP contribution in [0.4, 0.5) is 11.5 Å². The fraction of sp³-hybridized carbons (Fsp3) is 0.333. The molecule has 2 heterocycles. The number of amides is 1. The second-order valence-electron chi connectivity index (χ2n) is 8.75. The number of benzene rings is 2. The van der Waals surface area contributed by atoms with Gasteiger partial charge in [-0.2, -0.15) is 0 Å². The van der Waals surface area contributed by atoms with E-state index in [0.717, 1.165) is 38.5 Å². The zero-order chi connectivity index (χ0) is 23.2. The summed E-state index contributed by atoms with van der Waals surface area (Å²) in [4.78, 5) is 21.9. The molecular weight excluding hydrogens is 412 g/mol. The first-order valence-corrected chi connectivity index (χ1v) is 11.5. The third-order valence-electron chi connectivity index (χ3n) is 6.09. The van der Waals surface area contributed by atoms with Gasteiger partial charge in [0.05, 0.1) is 19.0 Å². The van der Waals surface area contributed by atoms with Gasteiger partial charge >= 0.3 is 0 Å². The van der Waals surface area contributed by atoms with E-state index in [9.17, 15) is 4.79 Å². The molecule has 3 aromatic rings. The largest absolute Gasteiger partial charge is 0.497 e. The van der Waals surface area contributed by atoms with E-state index in [-0.39, 0.29) is 5.91 Å². The minimum atomic E-state index is -0.182. The van der Waals surface area contributed by atoms with Crippen LogP contribution in [0.25, 0.3) is 0 Å². The summed E-state index contributed by atoms with van der Waals surface area (Å²) in [6.45, 7) is 9.31. The summed E-state index contributed by atoms with van der Waals surface area (Å²) in [5.74, 6) is 1.98. The van der Waals surface area contributed by atoms with Gasteiger partial charge < -0.3 is 15.0 Å². The molecule has 4 rings (SSSR count). The topological polar surface area (TPSA) is 57.7 Å². The normalized spacial score (nSPS) is 14.4. The summed E-state index contributed by atoms with van der Waals surface area (Å²) in [7, 11) is 1.59. The molecule has 1 fully saturated rings. The highest BCUT2D eigenvalue weighted by atomic mass is 16.5. The first-order chi connectivity index (χ1) is 16.0. The minimum absolute atomic E-state index is 0.182. The molecule has 0 saturated carbocycles. The molecule has 6 nitrogen and oxygen atoms in total. The smallest absolute Gasteiger partial charge is 0.255 e. The molecule has 1 aliphatic heterocycles. The maximum atomic E-state index is 12.5. The van der Waals surface area contributed by atoms with Crippen LogP contribution in [-0.2, 0) is 6.54 Å². The van der Waals surface area contributed by atoms with Crippen LogP contribution in [0.1, 0.15) is 41.3 Å². The Bertz CT molecular complexity index is 1060. The third-order valence-corrected chi connectivity index (χ3v) is 6.09. The van der Waals surface area contributed by atoms with Crippen LogP contribution in [0.3, 0.4) is 0 Å². The predicted molar refractivity (Wildman–Crippen MR) is 133 cm³/mol. The zero-order valence-corrected chi connectivity index (χ0v) is 19.6. The Balaban J connectivity index is 1.28. The van der Waals surface area contributed by atoms with Gasteiger partial charge in [-0.05, 0) is 47.4 Å².